The number of rotatable bonds is 3. The highest BCUT2D eigenvalue weighted by Crippen LogP contribution is 2.15. The Bertz CT molecular complexity index is 439. The molecule has 2 rings (SSSR count). The Hall–Kier alpha value is -1.07. The lowest BCUT2D eigenvalue weighted by Crippen LogP contribution is -2.43. The number of carbonyl (C=O) groups excluding carboxylic acids is 1. The van der Waals surface area contributed by atoms with Crippen LogP contribution in [0.3, 0.4) is 0 Å². The normalized spacial score (nSPS) is 16.6. The van der Waals surface area contributed by atoms with Gasteiger partial charge in [0.2, 0.25) is 0 Å². The molecule has 1 amide bonds. The van der Waals surface area contributed by atoms with Gasteiger partial charge < -0.3 is 9.64 Å². The summed E-state index contributed by atoms with van der Waals surface area (Å²) in [5, 5.41) is 0.632. The summed E-state index contributed by atoms with van der Waals surface area (Å²) < 4.78 is 16.5. The van der Waals surface area contributed by atoms with Crippen LogP contribution in [0.2, 0.25) is 5.02 Å². The molecular weight excluding hydrogens is 274 g/mol. The lowest BCUT2D eigenvalue weighted by molar-refractivity contribution is -0.133. The average molecular weight is 288 g/mol. The SMILES string of the molecule is O=C(COc1ccc(Cl)cc1)N1CCS(=O)CC1. The maximum atomic E-state index is 11.8. The van der Waals surface area contributed by atoms with Crippen molar-refractivity contribution in [3.63, 3.8) is 0 Å². The van der Waals surface area contributed by atoms with Gasteiger partial charge in [0.15, 0.2) is 6.61 Å². The number of ether oxygens (including phenoxy) is 1. The average Bonchev–Trinajstić information content (AvgIpc) is 2.38. The van der Waals surface area contributed by atoms with Gasteiger partial charge in [-0.1, -0.05) is 11.6 Å². The monoisotopic (exact) mass is 287 g/mol. The van der Waals surface area contributed by atoms with Crippen molar-refractivity contribution in [1.29, 1.82) is 0 Å². The summed E-state index contributed by atoms with van der Waals surface area (Å²) in [6.07, 6.45) is 0. The molecule has 0 aliphatic carbocycles. The molecule has 0 aromatic heterocycles. The van der Waals surface area contributed by atoms with Crippen molar-refractivity contribution in [2.45, 2.75) is 0 Å². The number of hydrogen-bond acceptors (Lipinski definition) is 3. The van der Waals surface area contributed by atoms with Crippen LogP contribution in [0, 0.1) is 0 Å². The molecule has 0 atom stereocenters. The molecule has 0 radical (unpaired) electrons. The minimum absolute atomic E-state index is 0.00820. The topological polar surface area (TPSA) is 46.6 Å². The van der Waals surface area contributed by atoms with Crippen LogP contribution in [0.5, 0.6) is 5.75 Å². The van der Waals surface area contributed by atoms with Gasteiger partial charge in [0, 0.05) is 40.4 Å². The summed E-state index contributed by atoms with van der Waals surface area (Å²) in [4.78, 5) is 13.5. The van der Waals surface area contributed by atoms with E-state index in [2.05, 4.69) is 0 Å². The maximum Gasteiger partial charge on any atom is 0.260 e. The molecule has 18 heavy (non-hydrogen) atoms. The Kier molecular flexibility index (Phi) is 4.60. The molecule has 1 fully saturated rings. The molecule has 1 aliphatic heterocycles. The predicted octanol–water partition coefficient (Wildman–Crippen LogP) is 1.31. The molecule has 0 bridgehead atoms. The van der Waals surface area contributed by atoms with Crippen molar-refractivity contribution in [3.05, 3.63) is 29.3 Å². The molecule has 0 saturated carbocycles. The van der Waals surface area contributed by atoms with E-state index in [1.54, 1.807) is 29.2 Å². The van der Waals surface area contributed by atoms with Crippen LogP contribution >= 0.6 is 11.6 Å². The number of hydrogen-bond donors (Lipinski definition) is 0. The van der Waals surface area contributed by atoms with E-state index >= 15 is 0 Å². The minimum Gasteiger partial charge on any atom is -0.484 e. The van der Waals surface area contributed by atoms with Crippen molar-refractivity contribution < 1.29 is 13.7 Å². The van der Waals surface area contributed by atoms with Gasteiger partial charge in [-0.15, -0.1) is 0 Å². The third-order valence-corrected chi connectivity index (χ3v) is 4.23. The van der Waals surface area contributed by atoms with Gasteiger partial charge in [-0.25, -0.2) is 0 Å². The fraction of sp³-hybridized carbons (Fsp3) is 0.417. The Balaban J connectivity index is 1.81. The summed E-state index contributed by atoms with van der Waals surface area (Å²) in [7, 11) is -0.769. The highest BCUT2D eigenvalue weighted by Gasteiger charge is 2.20. The first-order chi connectivity index (χ1) is 8.65. The Labute approximate surface area is 113 Å². The zero-order valence-electron chi connectivity index (χ0n) is 9.80. The smallest absolute Gasteiger partial charge is 0.260 e. The van der Waals surface area contributed by atoms with E-state index in [1.165, 1.54) is 0 Å². The molecule has 0 spiro atoms. The van der Waals surface area contributed by atoms with E-state index in [0.717, 1.165) is 0 Å². The lowest BCUT2D eigenvalue weighted by Gasteiger charge is -2.26. The van der Waals surface area contributed by atoms with E-state index in [0.29, 0.717) is 35.4 Å². The van der Waals surface area contributed by atoms with Crippen molar-refractivity contribution in [2.24, 2.45) is 0 Å². The van der Waals surface area contributed by atoms with E-state index in [1.807, 2.05) is 0 Å². The third kappa shape index (κ3) is 3.71. The van der Waals surface area contributed by atoms with Gasteiger partial charge in [-0.3, -0.25) is 9.00 Å². The van der Waals surface area contributed by atoms with Crippen LogP contribution in [0.4, 0.5) is 0 Å². The first kappa shape index (κ1) is 13.4. The van der Waals surface area contributed by atoms with E-state index in [4.69, 9.17) is 16.3 Å². The van der Waals surface area contributed by atoms with Gasteiger partial charge in [-0.2, -0.15) is 0 Å². The van der Waals surface area contributed by atoms with Gasteiger partial charge in [0.25, 0.3) is 5.91 Å². The fourth-order valence-electron chi connectivity index (χ4n) is 1.65. The number of benzene rings is 1. The molecular formula is C12H14ClNO3S. The number of amides is 1. The Morgan fingerprint density at radius 1 is 1.28 bits per heavy atom. The van der Waals surface area contributed by atoms with Crippen LogP contribution in [0.1, 0.15) is 0 Å². The van der Waals surface area contributed by atoms with Crippen molar-refractivity contribution in [2.75, 3.05) is 31.2 Å². The Morgan fingerprint density at radius 2 is 1.89 bits per heavy atom. The van der Waals surface area contributed by atoms with Crippen molar-refractivity contribution >= 4 is 28.3 Å². The van der Waals surface area contributed by atoms with E-state index in [9.17, 15) is 9.00 Å². The second kappa shape index (κ2) is 6.20. The standard InChI is InChI=1S/C12H14ClNO3S/c13-10-1-3-11(4-2-10)17-9-12(15)14-5-7-18(16)8-6-14/h1-4H,5-9H2. The summed E-state index contributed by atoms with van der Waals surface area (Å²) >= 11 is 5.75. The highest BCUT2D eigenvalue weighted by atomic mass is 35.5. The van der Waals surface area contributed by atoms with Gasteiger partial charge in [0.05, 0.1) is 0 Å². The van der Waals surface area contributed by atoms with Crippen LogP contribution < -0.4 is 4.74 Å². The molecule has 1 aliphatic rings. The second-order valence-electron chi connectivity index (χ2n) is 3.97. The summed E-state index contributed by atoms with van der Waals surface area (Å²) in [5.41, 5.74) is 0. The lowest BCUT2D eigenvalue weighted by atomic mass is 10.3. The molecule has 98 valence electrons. The van der Waals surface area contributed by atoms with Gasteiger partial charge in [0.1, 0.15) is 5.75 Å². The summed E-state index contributed by atoms with van der Waals surface area (Å²) in [5.74, 6) is 1.68. The highest BCUT2D eigenvalue weighted by molar-refractivity contribution is 7.85. The molecule has 0 N–H and O–H groups in total. The molecule has 6 heteroatoms. The van der Waals surface area contributed by atoms with Crippen LogP contribution in [0.25, 0.3) is 0 Å². The molecule has 1 saturated heterocycles. The number of halogens is 1. The van der Waals surface area contributed by atoms with E-state index < -0.39 is 10.8 Å². The molecule has 1 heterocycles. The number of nitrogens with zero attached hydrogens (tertiary/aromatic N) is 1. The zero-order valence-corrected chi connectivity index (χ0v) is 11.4. The van der Waals surface area contributed by atoms with Gasteiger partial charge in [-0.05, 0) is 24.3 Å². The van der Waals surface area contributed by atoms with Crippen LogP contribution in [0.15, 0.2) is 24.3 Å². The molecule has 0 unspecified atom stereocenters. The third-order valence-electron chi connectivity index (χ3n) is 2.71. The largest absolute Gasteiger partial charge is 0.484 e. The zero-order chi connectivity index (χ0) is 13.0. The molecule has 1 aromatic carbocycles. The first-order valence-corrected chi connectivity index (χ1v) is 7.53. The quantitative estimate of drug-likeness (QED) is 0.842. The summed E-state index contributed by atoms with van der Waals surface area (Å²) in [6.45, 7) is 1.11. The predicted molar refractivity (Wildman–Crippen MR) is 71.4 cm³/mol. The molecule has 4 nitrogen and oxygen atoms in total. The number of carbonyl (C=O) groups is 1. The minimum atomic E-state index is -0.769. The van der Waals surface area contributed by atoms with Gasteiger partial charge >= 0.3 is 0 Å². The van der Waals surface area contributed by atoms with E-state index in [-0.39, 0.29) is 12.5 Å². The first-order valence-electron chi connectivity index (χ1n) is 5.66. The van der Waals surface area contributed by atoms with Crippen molar-refractivity contribution in [3.8, 4) is 5.75 Å². The maximum absolute atomic E-state index is 11.8. The second-order valence-corrected chi connectivity index (χ2v) is 6.10. The fourth-order valence-corrected chi connectivity index (χ4v) is 2.83. The summed E-state index contributed by atoms with van der Waals surface area (Å²) in [6, 6.07) is 6.87. The Morgan fingerprint density at radius 3 is 2.50 bits per heavy atom. The molecule has 1 aromatic rings. The van der Waals surface area contributed by atoms with Crippen molar-refractivity contribution in [1.82, 2.24) is 4.90 Å². The van der Waals surface area contributed by atoms with Crippen LogP contribution in [-0.4, -0.2) is 46.2 Å². The van der Waals surface area contributed by atoms with Crippen LogP contribution in [-0.2, 0) is 15.6 Å².